The molecule has 9 nitrogen and oxygen atoms in total. The number of nitrogens with zero attached hydrogens (tertiary/aromatic N) is 3. The van der Waals surface area contributed by atoms with Gasteiger partial charge in [0.2, 0.25) is 0 Å². The van der Waals surface area contributed by atoms with Gasteiger partial charge < -0.3 is 14.8 Å². The maximum atomic E-state index is 12.3. The van der Waals surface area contributed by atoms with Crippen LogP contribution in [-0.2, 0) is 19.1 Å². The number of hydrogen-bond acceptors (Lipinski definition) is 7. The SMILES string of the molecule is CC[C@@H](C)[C@@H](NC(=O)COC(=O)c1nn(-c2cccc(Cl)c2)nc1C)C(=O)OC. The molecule has 0 bridgehead atoms. The minimum Gasteiger partial charge on any atom is -0.467 e. The number of ether oxygens (including phenoxy) is 2. The van der Waals surface area contributed by atoms with Crippen molar-refractivity contribution in [3.05, 3.63) is 40.7 Å². The summed E-state index contributed by atoms with van der Waals surface area (Å²) < 4.78 is 9.73. The van der Waals surface area contributed by atoms with Crippen LogP contribution in [0.5, 0.6) is 0 Å². The summed E-state index contributed by atoms with van der Waals surface area (Å²) in [7, 11) is 1.25. The smallest absolute Gasteiger partial charge is 0.361 e. The molecule has 29 heavy (non-hydrogen) atoms. The fourth-order valence-corrected chi connectivity index (χ4v) is 2.68. The van der Waals surface area contributed by atoms with E-state index in [4.69, 9.17) is 21.1 Å². The molecule has 2 aromatic rings. The molecule has 0 radical (unpaired) electrons. The van der Waals surface area contributed by atoms with Gasteiger partial charge in [-0.2, -0.15) is 9.90 Å². The Morgan fingerprint density at radius 3 is 2.62 bits per heavy atom. The van der Waals surface area contributed by atoms with Crippen LogP contribution >= 0.6 is 11.6 Å². The molecule has 0 aliphatic rings. The van der Waals surface area contributed by atoms with E-state index < -0.39 is 30.5 Å². The number of carbonyl (C=O) groups excluding carboxylic acids is 3. The van der Waals surface area contributed by atoms with Crippen LogP contribution in [0.2, 0.25) is 5.02 Å². The maximum absolute atomic E-state index is 12.3. The second kappa shape index (κ2) is 10.0. The first kappa shape index (κ1) is 22.4. The van der Waals surface area contributed by atoms with Crippen LogP contribution in [0.4, 0.5) is 0 Å². The van der Waals surface area contributed by atoms with Gasteiger partial charge in [0, 0.05) is 5.02 Å². The van der Waals surface area contributed by atoms with Crippen molar-refractivity contribution in [2.45, 2.75) is 33.2 Å². The third-order valence-electron chi connectivity index (χ3n) is 4.33. The summed E-state index contributed by atoms with van der Waals surface area (Å²) >= 11 is 5.96. The van der Waals surface area contributed by atoms with Crippen molar-refractivity contribution < 1.29 is 23.9 Å². The molecule has 0 saturated heterocycles. The fraction of sp³-hybridized carbons (Fsp3) is 0.421. The Balaban J connectivity index is 2.02. The molecule has 2 rings (SSSR count). The second-order valence-corrected chi connectivity index (χ2v) is 6.87. The molecule has 0 aliphatic carbocycles. The molecule has 156 valence electrons. The largest absolute Gasteiger partial charge is 0.467 e. The molecule has 1 aromatic carbocycles. The van der Waals surface area contributed by atoms with Crippen molar-refractivity contribution in [2.75, 3.05) is 13.7 Å². The number of rotatable bonds is 8. The number of carbonyl (C=O) groups is 3. The van der Waals surface area contributed by atoms with Gasteiger partial charge in [0.1, 0.15) is 6.04 Å². The zero-order valence-corrected chi connectivity index (χ0v) is 17.4. The summed E-state index contributed by atoms with van der Waals surface area (Å²) in [5.41, 5.74) is 0.888. The van der Waals surface area contributed by atoms with E-state index in [1.165, 1.54) is 11.9 Å². The number of halogens is 1. The Labute approximate surface area is 173 Å². The van der Waals surface area contributed by atoms with Crippen molar-refractivity contribution in [3.8, 4) is 5.69 Å². The van der Waals surface area contributed by atoms with E-state index in [2.05, 4.69) is 15.5 Å². The van der Waals surface area contributed by atoms with E-state index in [9.17, 15) is 14.4 Å². The Bertz CT molecular complexity index is 898. The van der Waals surface area contributed by atoms with Crippen LogP contribution < -0.4 is 5.32 Å². The van der Waals surface area contributed by atoms with E-state index in [0.29, 0.717) is 22.8 Å². The van der Waals surface area contributed by atoms with Crippen molar-refractivity contribution >= 4 is 29.4 Å². The van der Waals surface area contributed by atoms with Crippen LogP contribution in [0.15, 0.2) is 24.3 Å². The Morgan fingerprint density at radius 2 is 2.00 bits per heavy atom. The first-order valence-electron chi connectivity index (χ1n) is 9.01. The Morgan fingerprint density at radius 1 is 1.28 bits per heavy atom. The van der Waals surface area contributed by atoms with E-state index in [1.807, 2.05) is 13.8 Å². The molecule has 10 heteroatoms. The highest BCUT2D eigenvalue weighted by atomic mass is 35.5. The zero-order chi connectivity index (χ0) is 21.6. The molecule has 0 aliphatic heterocycles. The summed E-state index contributed by atoms with van der Waals surface area (Å²) in [6.45, 7) is 4.73. The predicted molar refractivity (Wildman–Crippen MR) is 105 cm³/mol. The number of amides is 1. The number of aryl methyl sites for hydroxylation is 1. The molecular formula is C19H23ClN4O5. The monoisotopic (exact) mass is 422 g/mol. The van der Waals surface area contributed by atoms with E-state index in [0.717, 1.165) is 0 Å². The summed E-state index contributed by atoms with van der Waals surface area (Å²) in [5.74, 6) is -2.11. The number of nitrogens with one attached hydrogen (secondary N) is 1. The van der Waals surface area contributed by atoms with Gasteiger partial charge >= 0.3 is 11.9 Å². The zero-order valence-electron chi connectivity index (χ0n) is 16.6. The lowest BCUT2D eigenvalue weighted by atomic mass is 9.99. The minimum atomic E-state index is -0.818. The predicted octanol–water partition coefficient (Wildman–Crippen LogP) is 2.09. The number of benzene rings is 1. The summed E-state index contributed by atoms with van der Waals surface area (Å²) in [5, 5.41) is 11.3. The summed E-state index contributed by atoms with van der Waals surface area (Å²) in [6.07, 6.45) is 0.658. The van der Waals surface area contributed by atoms with E-state index in [-0.39, 0.29) is 11.6 Å². The average molecular weight is 423 g/mol. The molecule has 2 atom stereocenters. The lowest BCUT2D eigenvalue weighted by Crippen LogP contribution is -2.47. The van der Waals surface area contributed by atoms with Gasteiger partial charge in [0.15, 0.2) is 12.3 Å². The first-order valence-corrected chi connectivity index (χ1v) is 9.38. The number of hydrogen-bond donors (Lipinski definition) is 1. The molecule has 0 saturated carbocycles. The van der Waals surface area contributed by atoms with E-state index >= 15 is 0 Å². The van der Waals surface area contributed by atoms with Gasteiger partial charge in [0.25, 0.3) is 5.91 Å². The van der Waals surface area contributed by atoms with Gasteiger partial charge in [0.05, 0.1) is 18.5 Å². The highest BCUT2D eigenvalue weighted by Gasteiger charge is 2.27. The average Bonchev–Trinajstić information content (AvgIpc) is 3.10. The minimum absolute atomic E-state index is 0.0239. The highest BCUT2D eigenvalue weighted by Crippen LogP contribution is 2.15. The van der Waals surface area contributed by atoms with Gasteiger partial charge in [-0.25, -0.2) is 9.59 Å². The first-order chi connectivity index (χ1) is 13.8. The Hall–Kier alpha value is -2.94. The van der Waals surface area contributed by atoms with Crippen molar-refractivity contribution in [3.63, 3.8) is 0 Å². The second-order valence-electron chi connectivity index (χ2n) is 6.43. The molecule has 0 fully saturated rings. The standard InChI is InChI=1S/C19H23ClN4O5/c1-5-11(2)16(18(26)28-4)21-15(25)10-29-19(27)17-12(3)22-24(23-17)14-8-6-7-13(20)9-14/h6-9,11,16H,5,10H2,1-4H3,(H,21,25)/t11-,16-/m1/s1. The molecule has 1 amide bonds. The number of aromatic nitrogens is 3. The van der Waals surface area contributed by atoms with Crippen molar-refractivity contribution in [1.82, 2.24) is 20.3 Å². The molecule has 1 aromatic heterocycles. The van der Waals surface area contributed by atoms with Gasteiger partial charge in [-0.05, 0) is 31.0 Å². The highest BCUT2D eigenvalue weighted by molar-refractivity contribution is 6.30. The molecule has 0 unspecified atom stereocenters. The van der Waals surface area contributed by atoms with Crippen molar-refractivity contribution in [2.24, 2.45) is 5.92 Å². The third-order valence-corrected chi connectivity index (χ3v) is 4.57. The van der Waals surface area contributed by atoms with Crippen molar-refractivity contribution in [1.29, 1.82) is 0 Å². The maximum Gasteiger partial charge on any atom is 0.361 e. The lowest BCUT2D eigenvalue weighted by Gasteiger charge is -2.21. The lowest BCUT2D eigenvalue weighted by molar-refractivity contribution is -0.147. The van der Waals surface area contributed by atoms with Crippen LogP contribution in [0, 0.1) is 12.8 Å². The van der Waals surface area contributed by atoms with Crippen LogP contribution in [0.1, 0.15) is 36.5 Å². The van der Waals surface area contributed by atoms with Crippen LogP contribution in [0.25, 0.3) is 5.69 Å². The normalized spacial score (nSPS) is 12.7. The molecule has 1 N–H and O–H groups in total. The van der Waals surface area contributed by atoms with Gasteiger partial charge in [-0.3, -0.25) is 4.79 Å². The topological polar surface area (TPSA) is 112 Å². The summed E-state index contributed by atoms with van der Waals surface area (Å²) in [6, 6.07) is 5.99. The molecule has 1 heterocycles. The number of methoxy groups -OCH3 is 1. The van der Waals surface area contributed by atoms with Gasteiger partial charge in [-0.1, -0.05) is 37.9 Å². The number of esters is 2. The summed E-state index contributed by atoms with van der Waals surface area (Å²) in [4.78, 5) is 37.5. The fourth-order valence-electron chi connectivity index (χ4n) is 2.49. The molecular weight excluding hydrogens is 400 g/mol. The Kier molecular flexibility index (Phi) is 7.72. The van der Waals surface area contributed by atoms with Crippen LogP contribution in [0.3, 0.4) is 0 Å². The van der Waals surface area contributed by atoms with Gasteiger partial charge in [-0.15, -0.1) is 5.10 Å². The van der Waals surface area contributed by atoms with Crippen LogP contribution in [-0.4, -0.2) is 52.6 Å². The molecule has 0 spiro atoms. The van der Waals surface area contributed by atoms with E-state index in [1.54, 1.807) is 31.2 Å². The third kappa shape index (κ3) is 5.77. The quantitative estimate of drug-likeness (QED) is 0.648.